The van der Waals surface area contributed by atoms with E-state index in [0.717, 1.165) is 0 Å². The van der Waals surface area contributed by atoms with Crippen molar-refractivity contribution in [3.05, 3.63) is 27.7 Å². The molecule has 4 nitrogen and oxygen atoms in total. The molecule has 0 heterocycles. The van der Waals surface area contributed by atoms with Crippen molar-refractivity contribution in [1.82, 2.24) is 0 Å². The first-order valence-electron chi connectivity index (χ1n) is 4.19. The van der Waals surface area contributed by atoms with Crippen molar-refractivity contribution in [2.75, 3.05) is 6.61 Å². The van der Waals surface area contributed by atoms with Crippen molar-refractivity contribution in [2.24, 2.45) is 0 Å². The predicted molar refractivity (Wildman–Crippen MR) is 56.5 cm³/mol. The molecule has 15 heavy (non-hydrogen) atoms. The first kappa shape index (κ1) is 11.5. The number of carbonyl (C=O) groups is 1. The van der Waals surface area contributed by atoms with Gasteiger partial charge in [-0.2, -0.15) is 5.26 Å². The minimum absolute atomic E-state index is 0.0837. The van der Waals surface area contributed by atoms with Crippen molar-refractivity contribution < 1.29 is 14.6 Å². The van der Waals surface area contributed by atoms with Gasteiger partial charge in [0.25, 0.3) is 0 Å². The molecule has 1 aromatic carbocycles. The van der Waals surface area contributed by atoms with Gasteiger partial charge in [-0.1, -0.05) is 0 Å². The second-order valence-corrected chi connectivity index (χ2v) is 3.54. The fourth-order valence-corrected chi connectivity index (χ4v) is 1.38. The third-order valence-corrected chi connectivity index (χ3v) is 2.34. The summed E-state index contributed by atoms with van der Waals surface area (Å²) in [7, 11) is 0. The molecule has 0 saturated carbocycles. The van der Waals surface area contributed by atoms with Crippen LogP contribution in [0.1, 0.15) is 22.8 Å². The Bertz CT molecular complexity index is 437. The second-order valence-electron chi connectivity index (χ2n) is 2.68. The van der Waals surface area contributed by atoms with Crippen LogP contribution >= 0.6 is 15.9 Å². The topological polar surface area (TPSA) is 70.3 Å². The number of esters is 1. The summed E-state index contributed by atoms with van der Waals surface area (Å²) in [5.41, 5.74) is 0.234. The van der Waals surface area contributed by atoms with Crippen molar-refractivity contribution in [3.63, 3.8) is 0 Å². The standard InChI is InChI=1S/C10H8BrNO3/c1-2-15-10(14)7-4-8(11)9(13)3-6(7)5-12/h3-4,13H,2H2,1H3. The Morgan fingerprint density at radius 3 is 2.87 bits per heavy atom. The molecule has 0 radical (unpaired) electrons. The molecule has 0 atom stereocenters. The molecular formula is C10H8BrNO3. The van der Waals surface area contributed by atoms with E-state index in [-0.39, 0.29) is 23.5 Å². The zero-order valence-electron chi connectivity index (χ0n) is 7.95. The van der Waals surface area contributed by atoms with Crippen molar-refractivity contribution in [3.8, 4) is 11.8 Å². The highest BCUT2D eigenvalue weighted by atomic mass is 79.9. The molecule has 0 amide bonds. The van der Waals surface area contributed by atoms with E-state index in [0.29, 0.717) is 4.47 Å². The third-order valence-electron chi connectivity index (χ3n) is 1.70. The number of ether oxygens (including phenoxy) is 1. The Balaban J connectivity index is 3.23. The number of benzene rings is 1. The normalized spacial score (nSPS) is 9.40. The van der Waals surface area contributed by atoms with E-state index < -0.39 is 5.97 Å². The number of halogens is 1. The van der Waals surface area contributed by atoms with Crippen LogP contribution in [0.15, 0.2) is 16.6 Å². The van der Waals surface area contributed by atoms with Crippen LogP contribution in [0.5, 0.6) is 5.75 Å². The van der Waals surface area contributed by atoms with Gasteiger partial charge in [0.1, 0.15) is 11.8 Å². The van der Waals surface area contributed by atoms with E-state index in [4.69, 9.17) is 10.00 Å². The fraction of sp³-hybridized carbons (Fsp3) is 0.200. The summed E-state index contributed by atoms with van der Waals surface area (Å²) in [5, 5.41) is 18.1. The lowest BCUT2D eigenvalue weighted by atomic mass is 10.1. The highest BCUT2D eigenvalue weighted by Crippen LogP contribution is 2.27. The monoisotopic (exact) mass is 269 g/mol. The Morgan fingerprint density at radius 2 is 2.33 bits per heavy atom. The summed E-state index contributed by atoms with van der Waals surface area (Å²) in [6, 6.07) is 4.41. The first-order chi connectivity index (χ1) is 7.10. The van der Waals surface area contributed by atoms with Crippen LogP contribution in [-0.4, -0.2) is 17.7 Å². The Morgan fingerprint density at radius 1 is 1.67 bits per heavy atom. The summed E-state index contributed by atoms with van der Waals surface area (Å²) in [5.74, 6) is -0.658. The summed E-state index contributed by atoms with van der Waals surface area (Å²) < 4.78 is 5.12. The van der Waals surface area contributed by atoms with Crippen LogP contribution in [0.2, 0.25) is 0 Å². The van der Waals surface area contributed by atoms with Crippen LogP contribution in [0, 0.1) is 11.3 Å². The number of rotatable bonds is 2. The lowest BCUT2D eigenvalue weighted by molar-refractivity contribution is 0.0526. The van der Waals surface area contributed by atoms with Crippen LogP contribution in [0.3, 0.4) is 0 Å². The van der Waals surface area contributed by atoms with E-state index in [2.05, 4.69) is 15.9 Å². The zero-order chi connectivity index (χ0) is 11.4. The van der Waals surface area contributed by atoms with Crippen LogP contribution < -0.4 is 0 Å². The van der Waals surface area contributed by atoms with Gasteiger partial charge < -0.3 is 9.84 Å². The lowest BCUT2D eigenvalue weighted by Crippen LogP contribution is -2.06. The van der Waals surface area contributed by atoms with Gasteiger partial charge in [0.15, 0.2) is 0 Å². The second kappa shape index (κ2) is 4.80. The lowest BCUT2D eigenvalue weighted by Gasteiger charge is -2.05. The average Bonchev–Trinajstić information content (AvgIpc) is 2.21. The number of phenolic OH excluding ortho intramolecular Hbond substituents is 1. The highest BCUT2D eigenvalue weighted by Gasteiger charge is 2.15. The van der Waals surface area contributed by atoms with Crippen LogP contribution in [0.4, 0.5) is 0 Å². The number of hydrogen-bond acceptors (Lipinski definition) is 4. The Labute approximate surface area is 95.2 Å². The van der Waals surface area contributed by atoms with Gasteiger partial charge >= 0.3 is 5.97 Å². The van der Waals surface area contributed by atoms with E-state index in [1.807, 2.05) is 6.07 Å². The number of hydrogen-bond donors (Lipinski definition) is 1. The Hall–Kier alpha value is -1.54. The van der Waals surface area contributed by atoms with Gasteiger partial charge in [0.05, 0.1) is 22.2 Å². The number of nitriles is 1. The van der Waals surface area contributed by atoms with Crippen molar-refractivity contribution in [2.45, 2.75) is 6.92 Å². The molecular weight excluding hydrogens is 262 g/mol. The largest absolute Gasteiger partial charge is 0.507 e. The number of carbonyl (C=O) groups excluding carboxylic acids is 1. The average molecular weight is 270 g/mol. The molecule has 1 aromatic rings. The number of phenols is 1. The zero-order valence-corrected chi connectivity index (χ0v) is 9.54. The molecule has 1 N–H and O–H groups in total. The molecule has 0 spiro atoms. The molecule has 0 aromatic heterocycles. The van der Waals surface area contributed by atoms with E-state index in [9.17, 15) is 9.90 Å². The Kier molecular flexibility index (Phi) is 3.69. The quantitative estimate of drug-likeness (QED) is 0.836. The summed E-state index contributed by atoms with van der Waals surface area (Å²) >= 11 is 3.06. The third kappa shape index (κ3) is 2.48. The highest BCUT2D eigenvalue weighted by molar-refractivity contribution is 9.10. The van der Waals surface area contributed by atoms with E-state index >= 15 is 0 Å². The van der Waals surface area contributed by atoms with E-state index in [1.165, 1.54) is 12.1 Å². The molecule has 78 valence electrons. The smallest absolute Gasteiger partial charge is 0.339 e. The van der Waals surface area contributed by atoms with Crippen molar-refractivity contribution in [1.29, 1.82) is 5.26 Å². The van der Waals surface area contributed by atoms with Gasteiger partial charge in [-0.25, -0.2) is 4.79 Å². The van der Waals surface area contributed by atoms with Gasteiger partial charge in [-0.3, -0.25) is 0 Å². The van der Waals surface area contributed by atoms with Gasteiger partial charge in [-0.15, -0.1) is 0 Å². The molecule has 0 aliphatic heterocycles. The molecule has 0 aliphatic rings. The minimum Gasteiger partial charge on any atom is -0.507 e. The van der Waals surface area contributed by atoms with Crippen molar-refractivity contribution >= 4 is 21.9 Å². The van der Waals surface area contributed by atoms with Gasteiger partial charge in [0.2, 0.25) is 0 Å². The first-order valence-corrected chi connectivity index (χ1v) is 4.99. The maximum atomic E-state index is 11.4. The molecule has 0 unspecified atom stereocenters. The SMILES string of the molecule is CCOC(=O)c1cc(Br)c(O)cc1C#N. The van der Waals surface area contributed by atoms with Gasteiger partial charge in [-0.05, 0) is 35.0 Å². The summed E-state index contributed by atoms with van der Waals surface area (Å²) in [6.07, 6.45) is 0. The number of nitrogens with zero attached hydrogens (tertiary/aromatic N) is 1. The van der Waals surface area contributed by atoms with E-state index in [1.54, 1.807) is 6.92 Å². The minimum atomic E-state index is -0.574. The van der Waals surface area contributed by atoms with Gasteiger partial charge in [0, 0.05) is 0 Å². The number of aromatic hydroxyl groups is 1. The summed E-state index contributed by atoms with van der Waals surface area (Å²) in [6.45, 7) is 1.92. The molecule has 0 aliphatic carbocycles. The predicted octanol–water partition coefficient (Wildman–Crippen LogP) is 2.20. The molecule has 5 heteroatoms. The molecule has 1 rings (SSSR count). The molecule has 0 bridgehead atoms. The molecule has 0 saturated heterocycles. The maximum Gasteiger partial charge on any atom is 0.339 e. The molecule has 0 fully saturated rings. The fourth-order valence-electron chi connectivity index (χ4n) is 1.03. The maximum absolute atomic E-state index is 11.4. The van der Waals surface area contributed by atoms with Crippen LogP contribution in [-0.2, 0) is 4.74 Å². The summed E-state index contributed by atoms with van der Waals surface area (Å²) in [4.78, 5) is 11.4. The van der Waals surface area contributed by atoms with Crippen LogP contribution in [0.25, 0.3) is 0 Å².